The largest absolute Gasteiger partial charge is 0.495 e. The van der Waals surface area contributed by atoms with Crippen LogP contribution in [0.4, 0.5) is 62.8 Å². The van der Waals surface area contributed by atoms with Crippen molar-refractivity contribution in [2.45, 2.75) is 35.8 Å². The van der Waals surface area contributed by atoms with Gasteiger partial charge in [0.2, 0.25) is 0 Å². The second-order valence-corrected chi connectivity index (χ2v) is 6.10. The lowest BCUT2D eigenvalue weighted by Gasteiger charge is -2.39. The van der Waals surface area contributed by atoms with Crippen LogP contribution in [0.3, 0.4) is 0 Å². The summed E-state index contributed by atoms with van der Waals surface area (Å²) in [5, 5.41) is 0.507. The summed E-state index contributed by atoms with van der Waals surface area (Å²) >= 11 is 5.44. The van der Waals surface area contributed by atoms with Gasteiger partial charge in [-0.3, -0.25) is 4.79 Å². The summed E-state index contributed by atoms with van der Waals surface area (Å²) in [7, 11) is 0.847. The maximum atomic E-state index is 13.8. The van der Waals surface area contributed by atoms with Crippen LogP contribution < -0.4 is 10.1 Å². The monoisotopic (exact) mass is 503 g/mol. The number of alkyl halides is 13. The van der Waals surface area contributed by atoms with Gasteiger partial charge in [-0.25, -0.2) is 0 Å². The predicted molar refractivity (Wildman–Crippen MR) is 77.4 cm³/mol. The number of benzene rings is 1. The van der Waals surface area contributed by atoms with Crippen molar-refractivity contribution in [3.63, 3.8) is 0 Å². The van der Waals surface area contributed by atoms with Crippen LogP contribution in [0.5, 0.6) is 5.75 Å². The Morgan fingerprint density at radius 2 is 1.26 bits per heavy atom. The molecule has 1 rings (SSSR count). The van der Waals surface area contributed by atoms with E-state index >= 15 is 0 Å². The molecule has 0 saturated heterocycles. The molecule has 178 valence electrons. The molecule has 0 fully saturated rings. The third-order valence-electron chi connectivity index (χ3n) is 3.63. The number of carbonyl (C=O) groups excluding carboxylic acids is 1. The molecule has 0 aliphatic heterocycles. The Morgan fingerprint density at radius 1 is 0.806 bits per heavy atom. The summed E-state index contributed by atoms with van der Waals surface area (Å²) in [6.45, 7) is 0. The lowest BCUT2D eigenvalue weighted by molar-refractivity contribution is -0.435. The van der Waals surface area contributed by atoms with Crippen LogP contribution in [0.2, 0.25) is 5.02 Å². The minimum Gasteiger partial charge on any atom is -0.495 e. The number of ether oxygens (including phenoxy) is 1. The van der Waals surface area contributed by atoms with Crippen molar-refractivity contribution >= 4 is 23.2 Å². The predicted octanol–water partition coefficient (Wildman–Crippen LogP) is 6.03. The lowest BCUT2D eigenvalue weighted by atomic mass is 9.93. The van der Waals surface area contributed by atoms with E-state index in [2.05, 4.69) is 4.74 Å². The van der Waals surface area contributed by atoms with E-state index < -0.39 is 53.1 Å². The molecule has 1 N–H and O–H groups in total. The van der Waals surface area contributed by atoms with Gasteiger partial charge in [-0.05, 0) is 18.2 Å². The van der Waals surface area contributed by atoms with E-state index in [1.807, 2.05) is 0 Å². The Labute approximate surface area is 168 Å². The number of methoxy groups -OCH3 is 1. The average molecular weight is 504 g/mol. The summed E-state index contributed by atoms with van der Waals surface area (Å²) in [5.41, 5.74) is -0.980. The fourth-order valence-corrected chi connectivity index (χ4v) is 2.06. The van der Waals surface area contributed by atoms with E-state index in [1.165, 1.54) is 0 Å². The Balaban J connectivity index is 3.46. The SMILES string of the molecule is COc1ccc(Cl)cc1NC(=O)C(F)(F)C(F)(F)C(F)(F)C(F)(F)C(F)(F)C(F)(F)F. The van der Waals surface area contributed by atoms with Gasteiger partial charge in [0.25, 0.3) is 0 Å². The van der Waals surface area contributed by atoms with E-state index in [-0.39, 0.29) is 5.02 Å². The maximum absolute atomic E-state index is 13.8. The van der Waals surface area contributed by atoms with Gasteiger partial charge >= 0.3 is 41.7 Å². The summed E-state index contributed by atoms with van der Waals surface area (Å²) in [6, 6.07) is 2.41. The van der Waals surface area contributed by atoms with Gasteiger partial charge < -0.3 is 10.1 Å². The van der Waals surface area contributed by atoms with Crippen molar-refractivity contribution < 1.29 is 66.6 Å². The fourth-order valence-electron chi connectivity index (χ4n) is 1.89. The Bertz CT molecular complexity index is 838. The molecule has 0 atom stereocenters. The van der Waals surface area contributed by atoms with Crippen LogP contribution >= 0.6 is 11.6 Å². The number of hydrogen-bond donors (Lipinski definition) is 1. The molecule has 17 heteroatoms. The Kier molecular flexibility index (Phi) is 6.75. The zero-order chi connectivity index (χ0) is 24.8. The van der Waals surface area contributed by atoms with Gasteiger partial charge in [0.15, 0.2) is 0 Å². The van der Waals surface area contributed by atoms with Crippen LogP contribution in [0.1, 0.15) is 0 Å². The highest BCUT2D eigenvalue weighted by Crippen LogP contribution is 2.60. The van der Waals surface area contributed by atoms with Crippen LogP contribution in [-0.2, 0) is 4.79 Å². The second kappa shape index (κ2) is 7.78. The standard InChI is InChI=1S/C14H7ClF13NO2/c1-31-7-3-2-5(15)4-6(7)29-8(30)9(16,17)10(18,19)11(20,21)12(22,23)13(24,25)14(26,27)28/h2-4H,1H3,(H,29,30). The van der Waals surface area contributed by atoms with Gasteiger partial charge in [-0.1, -0.05) is 11.6 Å². The number of carbonyl (C=O) groups is 1. The number of anilines is 1. The highest BCUT2D eigenvalue weighted by Gasteiger charge is 2.91. The fraction of sp³-hybridized carbons (Fsp3) is 0.500. The van der Waals surface area contributed by atoms with Gasteiger partial charge in [0, 0.05) is 5.02 Å². The van der Waals surface area contributed by atoms with Gasteiger partial charge in [0.1, 0.15) is 5.75 Å². The molecular weight excluding hydrogens is 497 g/mol. The molecular formula is C14H7ClF13NO2. The van der Waals surface area contributed by atoms with Crippen molar-refractivity contribution in [2.75, 3.05) is 12.4 Å². The number of nitrogens with one attached hydrogen (secondary N) is 1. The molecule has 0 aliphatic carbocycles. The summed E-state index contributed by atoms with van der Waals surface area (Å²) < 4.78 is 174. The normalized spacial score (nSPS) is 14.4. The van der Waals surface area contributed by atoms with Crippen LogP contribution in [-0.4, -0.2) is 48.8 Å². The molecule has 1 amide bonds. The smallest absolute Gasteiger partial charge is 0.460 e. The molecule has 1 aromatic rings. The molecule has 0 bridgehead atoms. The van der Waals surface area contributed by atoms with E-state index in [0.29, 0.717) is 6.07 Å². The first kappa shape index (κ1) is 26.9. The number of amides is 1. The van der Waals surface area contributed by atoms with Crippen molar-refractivity contribution in [3.8, 4) is 5.75 Å². The molecule has 1 aromatic carbocycles. The minimum atomic E-state index is -8.10. The first-order valence-electron chi connectivity index (χ1n) is 7.20. The van der Waals surface area contributed by atoms with E-state index in [4.69, 9.17) is 11.6 Å². The van der Waals surface area contributed by atoms with E-state index in [1.54, 1.807) is 0 Å². The summed E-state index contributed by atoms with van der Waals surface area (Å²) in [5.74, 6) is -42.8. The van der Waals surface area contributed by atoms with Gasteiger partial charge in [-0.15, -0.1) is 0 Å². The molecule has 0 saturated carbocycles. The van der Waals surface area contributed by atoms with Crippen LogP contribution in [0, 0.1) is 0 Å². The molecule has 0 radical (unpaired) electrons. The van der Waals surface area contributed by atoms with Crippen LogP contribution in [0.15, 0.2) is 18.2 Å². The second-order valence-electron chi connectivity index (χ2n) is 5.67. The molecule has 0 heterocycles. The first-order chi connectivity index (χ1) is 13.6. The topological polar surface area (TPSA) is 38.3 Å². The highest BCUT2D eigenvalue weighted by atomic mass is 35.5. The lowest BCUT2D eigenvalue weighted by Crippen LogP contribution is -2.71. The Morgan fingerprint density at radius 3 is 1.68 bits per heavy atom. The van der Waals surface area contributed by atoms with Crippen molar-refractivity contribution in [2.24, 2.45) is 0 Å². The molecule has 31 heavy (non-hydrogen) atoms. The van der Waals surface area contributed by atoms with Crippen molar-refractivity contribution in [3.05, 3.63) is 23.2 Å². The summed E-state index contributed by atoms with van der Waals surface area (Å²) in [6.07, 6.45) is -7.54. The zero-order valence-corrected chi connectivity index (χ0v) is 15.1. The van der Waals surface area contributed by atoms with E-state index in [0.717, 1.165) is 24.6 Å². The first-order valence-corrected chi connectivity index (χ1v) is 7.58. The number of rotatable bonds is 7. The maximum Gasteiger partial charge on any atom is 0.460 e. The van der Waals surface area contributed by atoms with E-state index in [9.17, 15) is 61.9 Å². The van der Waals surface area contributed by atoms with Gasteiger partial charge in [0.05, 0.1) is 12.8 Å². The molecule has 3 nitrogen and oxygen atoms in total. The molecule has 0 spiro atoms. The highest BCUT2D eigenvalue weighted by molar-refractivity contribution is 6.31. The van der Waals surface area contributed by atoms with Crippen LogP contribution in [0.25, 0.3) is 0 Å². The molecule has 0 aliphatic rings. The third kappa shape index (κ3) is 4.05. The third-order valence-corrected chi connectivity index (χ3v) is 3.86. The quantitative estimate of drug-likeness (QED) is 0.462. The summed E-state index contributed by atoms with van der Waals surface area (Å²) in [4.78, 5) is 11.5. The minimum absolute atomic E-state index is 0.368. The zero-order valence-electron chi connectivity index (χ0n) is 14.3. The van der Waals surface area contributed by atoms with Crippen molar-refractivity contribution in [1.82, 2.24) is 0 Å². The molecule has 0 aromatic heterocycles. The molecule has 0 unspecified atom stereocenters. The average Bonchev–Trinajstić information content (AvgIpc) is 2.60. The van der Waals surface area contributed by atoms with Gasteiger partial charge in [-0.2, -0.15) is 57.1 Å². The van der Waals surface area contributed by atoms with Crippen molar-refractivity contribution in [1.29, 1.82) is 0 Å². The number of hydrogen-bond acceptors (Lipinski definition) is 2. The number of halogens is 14. The Hall–Kier alpha value is -2.13.